The van der Waals surface area contributed by atoms with Gasteiger partial charge in [0.2, 0.25) is 5.91 Å². The lowest BCUT2D eigenvalue weighted by molar-refractivity contribution is -0.128. The van der Waals surface area contributed by atoms with Gasteiger partial charge in [0.15, 0.2) is 17.3 Å². The topological polar surface area (TPSA) is 55.8 Å². The Balaban J connectivity index is 1.76. The van der Waals surface area contributed by atoms with Crippen molar-refractivity contribution in [2.24, 2.45) is 5.92 Å². The minimum atomic E-state index is 0.0284. The molecule has 0 N–H and O–H groups in total. The van der Waals surface area contributed by atoms with E-state index in [0.29, 0.717) is 36.8 Å². The van der Waals surface area contributed by atoms with E-state index in [2.05, 4.69) is 0 Å². The van der Waals surface area contributed by atoms with E-state index in [-0.39, 0.29) is 11.7 Å². The van der Waals surface area contributed by atoms with Crippen LogP contribution in [0.15, 0.2) is 30.0 Å². The van der Waals surface area contributed by atoms with Crippen molar-refractivity contribution in [1.82, 2.24) is 4.90 Å². The fraction of sp³-hybridized carbons (Fsp3) is 0.444. The number of hydrogen-bond donors (Lipinski definition) is 0. The first-order valence-electron chi connectivity index (χ1n) is 7.88. The van der Waals surface area contributed by atoms with E-state index in [1.807, 2.05) is 12.1 Å². The predicted molar refractivity (Wildman–Crippen MR) is 85.4 cm³/mol. The van der Waals surface area contributed by atoms with Crippen molar-refractivity contribution in [3.8, 4) is 11.5 Å². The number of carbonyl (C=O) groups excluding carboxylic acids is 2. The molecule has 1 heterocycles. The number of rotatable bonds is 4. The highest BCUT2D eigenvalue weighted by atomic mass is 16.5. The number of fused-ring (bicyclic) bond motifs is 1. The lowest BCUT2D eigenvalue weighted by Crippen LogP contribution is -2.30. The van der Waals surface area contributed by atoms with Crippen LogP contribution < -0.4 is 9.47 Å². The highest BCUT2D eigenvalue weighted by Crippen LogP contribution is 2.35. The van der Waals surface area contributed by atoms with Crippen LogP contribution in [0.3, 0.4) is 0 Å². The zero-order valence-electron chi connectivity index (χ0n) is 13.5. The molecule has 5 nitrogen and oxygen atoms in total. The van der Waals surface area contributed by atoms with Crippen molar-refractivity contribution in [3.05, 3.63) is 35.5 Å². The van der Waals surface area contributed by atoms with Gasteiger partial charge < -0.3 is 14.4 Å². The number of nitrogens with zero attached hydrogens (tertiary/aromatic N) is 1. The normalized spacial score (nSPS) is 20.1. The molecule has 23 heavy (non-hydrogen) atoms. The van der Waals surface area contributed by atoms with Crippen LogP contribution in [0.2, 0.25) is 0 Å². The largest absolute Gasteiger partial charge is 0.493 e. The van der Waals surface area contributed by atoms with Crippen molar-refractivity contribution in [2.75, 3.05) is 20.8 Å². The maximum atomic E-state index is 12.6. The molecule has 1 aromatic rings. The molecule has 1 unspecified atom stereocenters. The SMILES string of the molecule is COc1ccc(CC(=O)N2CCC3CCC(=O)C=C32)cc1OC. The Hall–Kier alpha value is -2.30. The fourth-order valence-electron chi connectivity index (χ4n) is 3.35. The van der Waals surface area contributed by atoms with E-state index >= 15 is 0 Å². The van der Waals surface area contributed by atoms with Crippen LogP contribution in [-0.4, -0.2) is 37.4 Å². The zero-order chi connectivity index (χ0) is 16.4. The summed E-state index contributed by atoms with van der Waals surface area (Å²) in [5.74, 6) is 1.78. The maximum absolute atomic E-state index is 12.6. The fourth-order valence-corrected chi connectivity index (χ4v) is 3.35. The van der Waals surface area contributed by atoms with E-state index in [1.165, 1.54) is 0 Å². The Morgan fingerprint density at radius 3 is 2.74 bits per heavy atom. The summed E-state index contributed by atoms with van der Waals surface area (Å²) < 4.78 is 10.5. The number of ether oxygens (including phenoxy) is 2. The third kappa shape index (κ3) is 3.09. The molecule has 0 radical (unpaired) electrons. The van der Waals surface area contributed by atoms with Crippen molar-refractivity contribution < 1.29 is 19.1 Å². The van der Waals surface area contributed by atoms with Crippen LogP contribution in [-0.2, 0) is 16.0 Å². The molecule has 3 rings (SSSR count). The number of carbonyl (C=O) groups is 2. The van der Waals surface area contributed by atoms with Crippen LogP contribution >= 0.6 is 0 Å². The molecule has 0 spiro atoms. The molecule has 0 aromatic heterocycles. The van der Waals surface area contributed by atoms with Crippen molar-refractivity contribution in [2.45, 2.75) is 25.7 Å². The predicted octanol–water partition coefficient (Wildman–Crippen LogP) is 2.34. The molecule has 1 aliphatic heterocycles. The van der Waals surface area contributed by atoms with Gasteiger partial charge >= 0.3 is 0 Å². The second-order valence-corrected chi connectivity index (χ2v) is 5.97. The maximum Gasteiger partial charge on any atom is 0.231 e. The Morgan fingerprint density at radius 2 is 2.00 bits per heavy atom. The molecule has 122 valence electrons. The number of ketones is 1. The summed E-state index contributed by atoms with van der Waals surface area (Å²) in [6.07, 6.45) is 4.37. The third-order valence-electron chi connectivity index (χ3n) is 4.58. The van der Waals surface area contributed by atoms with Crippen molar-refractivity contribution >= 4 is 11.7 Å². The quantitative estimate of drug-likeness (QED) is 0.856. The zero-order valence-corrected chi connectivity index (χ0v) is 13.5. The first-order valence-corrected chi connectivity index (χ1v) is 7.88. The molecule has 1 atom stereocenters. The Bertz CT molecular complexity index is 665. The third-order valence-corrected chi connectivity index (χ3v) is 4.58. The second-order valence-electron chi connectivity index (χ2n) is 5.97. The summed E-state index contributed by atoms with van der Waals surface area (Å²) in [6.45, 7) is 0.704. The van der Waals surface area contributed by atoms with Gasteiger partial charge in [-0.2, -0.15) is 0 Å². The van der Waals surface area contributed by atoms with E-state index < -0.39 is 0 Å². The van der Waals surface area contributed by atoms with Crippen molar-refractivity contribution in [3.63, 3.8) is 0 Å². The lowest BCUT2D eigenvalue weighted by atomic mass is 9.92. The molecule has 1 amide bonds. The first kappa shape index (κ1) is 15.6. The average molecular weight is 315 g/mol. The van der Waals surface area contributed by atoms with Crippen LogP contribution in [0.1, 0.15) is 24.8 Å². The van der Waals surface area contributed by atoms with Gasteiger partial charge in [0.1, 0.15) is 0 Å². The first-order chi connectivity index (χ1) is 11.1. The molecule has 0 bridgehead atoms. The van der Waals surface area contributed by atoms with E-state index in [9.17, 15) is 9.59 Å². The van der Waals surface area contributed by atoms with Gasteiger partial charge in [-0.3, -0.25) is 9.59 Å². The Kier molecular flexibility index (Phi) is 4.37. The van der Waals surface area contributed by atoms with Gasteiger partial charge in [-0.25, -0.2) is 0 Å². The summed E-state index contributed by atoms with van der Waals surface area (Å²) in [6, 6.07) is 5.50. The number of likely N-dealkylation sites (tertiary alicyclic amines) is 1. The van der Waals surface area contributed by atoms with Gasteiger partial charge in [0, 0.05) is 30.7 Å². The second kappa shape index (κ2) is 6.44. The smallest absolute Gasteiger partial charge is 0.231 e. The molecular weight excluding hydrogens is 294 g/mol. The van der Waals surface area contributed by atoms with Gasteiger partial charge in [-0.05, 0) is 30.5 Å². The number of methoxy groups -OCH3 is 2. The van der Waals surface area contributed by atoms with Gasteiger partial charge in [0.05, 0.1) is 20.6 Å². The van der Waals surface area contributed by atoms with Crippen molar-refractivity contribution in [1.29, 1.82) is 0 Å². The molecule has 2 aliphatic rings. The summed E-state index contributed by atoms with van der Waals surface area (Å²) in [5, 5.41) is 0. The van der Waals surface area contributed by atoms with E-state index in [4.69, 9.17) is 9.47 Å². The number of allylic oxidation sites excluding steroid dienone is 2. The molecular formula is C18H21NO4. The number of benzene rings is 1. The van der Waals surface area contributed by atoms with Crippen LogP contribution in [0.25, 0.3) is 0 Å². The van der Waals surface area contributed by atoms with Gasteiger partial charge in [0.25, 0.3) is 0 Å². The Morgan fingerprint density at radius 1 is 1.22 bits per heavy atom. The molecule has 1 saturated heterocycles. The summed E-state index contributed by atoms with van der Waals surface area (Å²) >= 11 is 0. The van der Waals surface area contributed by atoms with Gasteiger partial charge in [-0.1, -0.05) is 6.07 Å². The molecule has 5 heteroatoms. The molecule has 1 fully saturated rings. The Labute approximate surface area is 135 Å². The van der Waals surface area contributed by atoms with Gasteiger partial charge in [-0.15, -0.1) is 0 Å². The molecule has 1 aliphatic carbocycles. The number of hydrogen-bond acceptors (Lipinski definition) is 4. The summed E-state index contributed by atoms with van der Waals surface area (Å²) in [5.41, 5.74) is 1.78. The average Bonchev–Trinajstić information content (AvgIpc) is 2.97. The summed E-state index contributed by atoms with van der Waals surface area (Å²) in [4.78, 5) is 26.0. The highest BCUT2D eigenvalue weighted by molar-refractivity contribution is 5.93. The standard InChI is InChI=1S/C18H21NO4/c1-22-16-6-3-12(9-17(16)23-2)10-18(21)19-8-7-13-4-5-14(20)11-15(13)19/h3,6,9,11,13H,4-5,7-8,10H2,1-2H3. The highest BCUT2D eigenvalue weighted by Gasteiger charge is 2.34. The minimum absolute atomic E-state index is 0.0284. The molecule has 0 saturated carbocycles. The van der Waals surface area contributed by atoms with Crippen LogP contribution in [0.5, 0.6) is 11.5 Å². The van der Waals surface area contributed by atoms with E-state index in [0.717, 1.165) is 24.1 Å². The lowest BCUT2D eigenvalue weighted by Gasteiger charge is -2.23. The van der Waals surface area contributed by atoms with E-state index in [1.54, 1.807) is 31.3 Å². The van der Waals surface area contributed by atoms with Crippen LogP contribution in [0, 0.1) is 5.92 Å². The monoisotopic (exact) mass is 315 g/mol. The summed E-state index contributed by atoms with van der Waals surface area (Å²) in [7, 11) is 3.16. The minimum Gasteiger partial charge on any atom is -0.493 e. The number of amides is 1. The van der Waals surface area contributed by atoms with Crippen LogP contribution in [0.4, 0.5) is 0 Å². The molecule has 1 aromatic carbocycles.